The van der Waals surface area contributed by atoms with Gasteiger partial charge in [0.1, 0.15) is 6.54 Å². The van der Waals surface area contributed by atoms with Crippen LogP contribution in [0.3, 0.4) is 0 Å². The standard InChI is InChI=1S/C16H19N5O3/c17-16(23)19-18-9-12-10-21(14-4-2-1-3-13(12)14)11-15(22)20-5-7-24-8-6-20/h1-4,9-10H,5-8,11H2,(H3,17,19,23)/b18-9-. The van der Waals surface area contributed by atoms with Crippen molar-refractivity contribution in [1.29, 1.82) is 0 Å². The summed E-state index contributed by atoms with van der Waals surface area (Å²) in [6, 6.07) is 6.99. The summed E-state index contributed by atoms with van der Waals surface area (Å²) in [5.41, 5.74) is 8.89. The maximum absolute atomic E-state index is 12.5. The number of nitrogens with zero attached hydrogens (tertiary/aromatic N) is 3. The van der Waals surface area contributed by atoms with E-state index >= 15 is 0 Å². The normalized spacial score (nSPS) is 15.1. The van der Waals surface area contributed by atoms with Gasteiger partial charge >= 0.3 is 6.03 Å². The lowest BCUT2D eigenvalue weighted by Gasteiger charge is -2.27. The van der Waals surface area contributed by atoms with Crippen molar-refractivity contribution in [2.75, 3.05) is 26.3 Å². The Morgan fingerprint density at radius 2 is 2.04 bits per heavy atom. The summed E-state index contributed by atoms with van der Waals surface area (Å²) < 4.78 is 7.16. The molecule has 1 aromatic heterocycles. The summed E-state index contributed by atoms with van der Waals surface area (Å²) in [5.74, 6) is 0.0535. The van der Waals surface area contributed by atoms with Crippen LogP contribution in [0.5, 0.6) is 0 Å². The second-order valence-electron chi connectivity index (χ2n) is 5.46. The highest BCUT2D eigenvalue weighted by atomic mass is 16.5. The fraction of sp³-hybridized carbons (Fsp3) is 0.312. The average molecular weight is 329 g/mol. The summed E-state index contributed by atoms with van der Waals surface area (Å²) in [6.45, 7) is 2.64. The van der Waals surface area contributed by atoms with E-state index in [1.807, 2.05) is 35.0 Å². The lowest BCUT2D eigenvalue weighted by molar-refractivity contribution is -0.135. The molecule has 1 aromatic carbocycles. The number of hydrazone groups is 1. The topological polar surface area (TPSA) is 102 Å². The molecule has 0 unspecified atom stereocenters. The van der Waals surface area contributed by atoms with Crippen LogP contribution in [-0.4, -0.2) is 53.9 Å². The minimum Gasteiger partial charge on any atom is -0.378 e. The van der Waals surface area contributed by atoms with Gasteiger partial charge in [-0.2, -0.15) is 5.10 Å². The van der Waals surface area contributed by atoms with E-state index in [-0.39, 0.29) is 12.5 Å². The zero-order chi connectivity index (χ0) is 16.9. The van der Waals surface area contributed by atoms with Gasteiger partial charge in [0.05, 0.1) is 19.4 Å². The third-order valence-corrected chi connectivity index (χ3v) is 3.87. The number of aromatic nitrogens is 1. The van der Waals surface area contributed by atoms with Crippen LogP contribution in [0.15, 0.2) is 35.6 Å². The highest BCUT2D eigenvalue weighted by Crippen LogP contribution is 2.20. The summed E-state index contributed by atoms with van der Waals surface area (Å²) in [6.07, 6.45) is 3.36. The third-order valence-electron chi connectivity index (χ3n) is 3.87. The lowest BCUT2D eigenvalue weighted by Crippen LogP contribution is -2.42. The Morgan fingerprint density at radius 3 is 2.79 bits per heavy atom. The molecule has 3 N–H and O–H groups in total. The number of amides is 3. The molecule has 8 nitrogen and oxygen atoms in total. The second-order valence-corrected chi connectivity index (χ2v) is 5.46. The van der Waals surface area contributed by atoms with E-state index in [0.717, 1.165) is 16.5 Å². The molecular formula is C16H19N5O3. The first kappa shape index (κ1) is 16.0. The first-order valence-corrected chi connectivity index (χ1v) is 7.67. The number of hydrogen-bond donors (Lipinski definition) is 2. The van der Waals surface area contributed by atoms with Crippen molar-refractivity contribution >= 4 is 29.1 Å². The van der Waals surface area contributed by atoms with E-state index in [4.69, 9.17) is 10.5 Å². The van der Waals surface area contributed by atoms with E-state index in [1.165, 1.54) is 6.21 Å². The van der Waals surface area contributed by atoms with Gasteiger partial charge in [0.2, 0.25) is 5.91 Å². The van der Waals surface area contributed by atoms with Crippen molar-refractivity contribution in [3.05, 3.63) is 36.0 Å². The molecule has 2 aromatic rings. The van der Waals surface area contributed by atoms with Gasteiger partial charge in [-0.15, -0.1) is 0 Å². The van der Waals surface area contributed by atoms with E-state index < -0.39 is 6.03 Å². The zero-order valence-corrected chi connectivity index (χ0v) is 13.1. The van der Waals surface area contributed by atoms with Gasteiger partial charge in [-0.25, -0.2) is 10.2 Å². The summed E-state index contributed by atoms with van der Waals surface area (Å²) >= 11 is 0. The van der Waals surface area contributed by atoms with Crippen molar-refractivity contribution in [1.82, 2.24) is 14.9 Å². The zero-order valence-electron chi connectivity index (χ0n) is 13.1. The van der Waals surface area contributed by atoms with Gasteiger partial charge in [-0.05, 0) is 6.07 Å². The van der Waals surface area contributed by atoms with Gasteiger partial charge in [-0.1, -0.05) is 18.2 Å². The molecular weight excluding hydrogens is 310 g/mol. The van der Waals surface area contributed by atoms with E-state index in [1.54, 1.807) is 4.90 Å². The number of ether oxygens (including phenoxy) is 1. The number of nitrogens with two attached hydrogens (primary N) is 1. The number of rotatable bonds is 4. The quantitative estimate of drug-likeness (QED) is 0.631. The van der Waals surface area contributed by atoms with Gasteiger partial charge in [0.15, 0.2) is 0 Å². The van der Waals surface area contributed by atoms with Crippen LogP contribution in [0, 0.1) is 0 Å². The number of hydrogen-bond acceptors (Lipinski definition) is 4. The Labute approximate surface area is 138 Å². The Kier molecular flexibility index (Phi) is 4.76. The van der Waals surface area contributed by atoms with Crippen molar-refractivity contribution in [2.24, 2.45) is 10.8 Å². The molecule has 1 aliphatic rings. The molecule has 8 heteroatoms. The number of morpholine rings is 1. The molecule has 0 spiro atoms. The molecule has 126 valence electrons. The molecule has 0 aliphatic carbocycles. The highest BCUT2D eigenvalue weighted by molar-refractivity contribution is 6.00. The summed E-state index contributed by atoms with van der Waals surface area (Å²) in [4.78, 5) is 25.0. The third kappa shape index (κ3) is 3.54. The first-order valence-electron chi connectivity index (χ1n) is 7.67. The van der Waals surface area contributed by atoms with E-state index in [0.29, 0.717) is 26.3 Å². The Hall–Kier alpha value is -2.87. The van der Waals surface area contributed by atoms with Crippen molar-refractivity contribution < 1.29 is 14.3 Å². The fourth-order valence-electron chi connectivity index (χ4n) is 2.73. The van der Waals surface area contributed by atoms with Crippen LogP contribution in [-0.2, 0) is 16.1 Å². The predicted molar refractivity (Wildman–Crippen MR) is 89.7 cm³/mol. The lowest BCUT2D eigenvalue weighted by atomic mass is 10.2. The molecule has 0 atom stereocenters. The monoisotopic (exact) mass is 329 g/mol. The average Bonchev–Trinajstić information content (AvgIpc) is 2.93. The molecule has 3 amide bonds. The maximum Gasteiger partial charge on any atom is 0.332 e. The van der Waals surface area contributed by atoms with Crippen LogP contribution < -0.4 is 11.2 Å². The molecule has 3 rings (SSSR count). The van der Waals surface area contributed by atoms with Gasteiger partial charge in [-0.3, -0.25) is 4.79 Å². The van der Waals surface area contributed by atoms with Crippen molar-refractivity contribution in [3.8, 4) is 0 Å². The number of benzene rings is 1. The van der Waals surface area contributed by atoms with Crippen molar-refractivity contribution in [2.45, 2.75) is 6.54 Å². The van der Waals surface area contributed by atoms with E-state index in [9.17, 15) is 9.59 Å². The summed E-state index contributed by atoms with van der Waals surface area (Å²) in [7, 11) is 0. The van der Waals surface area contributed by atoms with Crippen LogP contribution in [0.2, 0.25) is 0 Å². The predicted octanol–water partition coefficient (Wildman–Crippen LogP) is 0.502. The number of nitrogens with one attached hydrogen (secondary N) is 1. The number of primary amides is 1. The van der Waals surface area contributed by atoms with Crippen LogP contribution in [0.4, 0.5) is 4.79 Å². The molecule has 24 heavy (non-hydrogen) atoms. The Morgan fingerprint density at radius 1 is 1.29 bits per heavy atom. The number of carbonyl (C=O) groups excluding carboxylic acids is 2. The minimum absolute atomic E-state index is 0.0535. The van der Waals surface area contributed by atoms with Crippen LogP contribution >= 0.6 is 0 Å². The highest BCUT2D eigenvalue weighted by Gasteiger charge is 2.18. The number of carbonyl (C=O) groups is 2. The van der Waals surface area contributed by atoms with E-state index in [2.05, 4.69) is 10.5 Å². The smallest absolute Gasteiger partial charge is 0.332 e. The van der Waals surface area contributed by atoms with Crippen molar-refractivity contribution in [3.63, 3.8) is 0 Å². The van der Waals surface area contributed by atoms with Gasteiger partial charge < -0.3 is 19.9 Å². The number of urea groups is 1. The largest absolute Gasteiger partial charge is 0.378 e. The number of para-hydroxylation sites is 1. The maximum atomic E-state index is 12.5. The fourth-order valence-corrected chi connectivity index (χ4v) is 2.73. The van der Waals surface area contributed by atoms with Gasteiger partial charge in [0, 0.05) is 35.8 Å². The number of fused-ring (bicyclic) bond motifs is 1. The molecule has 0 bridgehead atoms. The molecule has 1 aliphatic heterocycles. The van der Waals surface area contributed by atoms with Crippen LogP contribution in [0.25, 0.3) is 10.9 Å². The molecule has 0 saturated carbocycles. The summed E-state index contributed by atoms with van der Waals surface area (Å²) in [5, 5.41) is 4.75. The molecule has 0 radical (unpaired) electrons. The first-order chi connectivity index (χ1) is 11.6. The Balaban J connectivity index is 1.83. The molecule has 1 fully saturated rings. The second kappa shape index (κ2) is 7.14. The SMILES string of the molecule is NC(=O)N/N=C\c1cn(CC(=O)N2CCOCC2)c2ccccc12. The molecule has 2 heterocycles. The van der Waals surface area contributed by atoms with Crippen LogP contribution in [0.1, 0.15) is 5.56 Å². The van der Waals surface area contributed by atoms with Gasteiger partial charge in [0.25, 0.3) is 0 Å². The molecule has 1 saturated heterocycles. The Bertz CT molecular complexity index is 777. The minimum atomic E-state index is -0.725.